The maximum absolute atomic E-state index is 13.7. The van der Waals surface area contributed by atoms with E-state index in [0.717, 1.165) is 16.5 Å². The molecule has 43 heavy (non-hydrogen) atoms. The first-order valence-corrected chi connectivity index (χ1v) is 14.8. The van der Waals surface area contributed by atoms with Gasteiger partial charge in [0, 0.05) is 30.2 Å². The minimum absolute atomic E-state index is 0.0934. The Labute approximate surface area is 246 Å². The van der Waals surface area contributed by atoms with Gasteiger partial charge in [0.05, 0.1) is 16.5 Å². The summed E-state index contributed by atoms with van der Waals surface area (Å²) >= 11 is 0. The second-order valence-electron chi connectivity index (χ2n) is 10.1. The average Bonchev–Trinajstić information content (AvgIpc) is 3.58. The van der Waals surface area contributed by atoms with Crippen LogP contribution in [0.1, 0.15) is 27.5 Å². The monoisotopic (exact) mass is 596 g/mol. The van der Waals surface area contributed by atoms with Crippen LogP contribution in [0.4, 0.5) is 9.18 Å². The van der Waals surface area contributed by atoms with E-state index in [4.69, 9.17) is 0 Å². The number of aromatic nitrogens is 1. The lowest BCUT2D eigenvalue weighted by Crippen LogP contribution is -2.42. The van der Waals surface area contributed by atoms with Crippen LogP contribution in [0, 0.1) is 5.82 Å². The van der Waals surface area contributed by atoms with Crippen molar-refractivity contribution < 1.29 is 27.2 Å². The molecule has 0 unspecified atom stereocenters. The van der Waals surface area contributed by atoms with E-state index in [0.29, 0.717) is 16.6 Å². The summed E-state index contributed by atoms with van der Waals surface area (Å²) in [6, 6.07) is 25.5. The van der Waals surface area contributed by atoms with E-state index in [1.165, 1.54) is 27.2 Å². The SMILES string of the molecule is O=CNC(=O)N[C@@H](CN1Cc2ccc(F)cc2C1=O)c1ccc(-c2ccc3c(ccn3S(=O)(=O)c3ccccc3)c2)cc1. The molecule has 0 saturated carbocycles. The van der Waals surface area contributed by atoms with Gasteiger partial charge in [-0.3, -0.25) is 14.9 Å². The zero-order chi connectivity index (χ0) is 30.1. The molecule has 1 aliphatic rings. The number of nitrogens with one attached hydrogen (secondary N) is 2. The second-order valence-corrected chi connectivity index (χ2v) is 11.9. The largest absolute Gasteiger partial charge is 0.332 e. The van der Waals surface area contributed by atoms with Crippen molar-refractivity contribution in [1.82, 2.24) is 19.5 Å². The Hall–Kier alpha value is -5.29. The van der Waals surface area contributed by atoms with Gasteiger partial charge >= 0.3 is 6.03 Å². The fourth-order valence-corrected chi connectivity index (χ4v) is 6.68. The number of hydrogen-bond donors (Lipinski definition) is 2. The van der Waals surface area contributed by atoms with Crippen molar-refractivity contribution in [3.8, 4) is 11.1 Å². The molecule has 4 aromatic carbocycles. The van der Waals surface area contributed by atoms with Crippen LogP contribution in [0.15, 0.2) is 108 Å². The third-order valence-corrected chi connectivity index (χ3v) is 9.15. The van der Waals surface area contributed by atoms with Crippen LogP contribution in [0.25, 0.3) is 22.0 Å². The van der Waals surface area contributed by atoms with Crippen molar-refractivity contribution in [2.24, 2.45) is 0 Å². The summed E-state index contributed by atoms with van der Waals surface area (Å²) in [6.07, 6.45) is 1.80. The fraction of sp³-hybridized carbons (Fsp3) is 0.0938. The van der Waals surface area contributed by atoms with Crippen LogP contribution in [0.3, 0.4) is 0 Å². The molecule has 2 N–H and O–H groups in total. The highest BCUT2D eigenvalue weighted by Gasteiger charge is 2.30. The van der Waals surface area contributed by atoms with Gasteiger partial charge in [-0.15, -0.1) is 0 Å². The van der Waals surface area contributed by atoms with E-state index in [-0.39, 0.29) is 35.9 Å². The number of hydrogen-bond acceptors (Lipinski definition) is 5. The molecular formula is C32H25FN4O5S. The zero-order valence-corrected chi connectivity index (χ0v) is 23.4. The van der Waals surface area contributed by atoms with E-state index < -0.39 is 27.9 Å². The number of nitrogens with zero attached hydrogens (tertiary/aromatic N) is 2. The number of amides is 4. The fourth-order valence-electron chi connectivity index (χ4n) is 5.31. The Morgan fingerprint density at radius 3 is 2.42 bits per heavy atom. The number of imide groups is 1. The molecule has 0 bridgehead atoms. The van der Waals surface area contributed by atoms with Crippen molar-refractivity contribution in [3.63, 3.8) is 0 Å². The molecule has 0 aliphatic carbocycles. The standard InChI is InChI=1S/C32H25FN4O5S/c33-26-12-10-25-18-36(31(39)28(25)17-26)19-29(35-32(40)34-20-38)22-8-6-21(7-9-22)23-11-13-30-24(16-23)14-15-37(30)43(41,42)27-4-2-1-3-5-27/h1-17,20,29H,18-19H2,(H2,34,35,38,40)/t29-/m0/s1. The minimum Gasteiger partial charge on any atom is -0.332 e. The average molecular weight is 597 g/mol. The van der Waals surface area contributed by atoms with Gasteiger partial charge in [-0.1, -0.05) is 54.6 Å². The number of halogens is 1. The van der Waals surface area contributed by atoms with Crippen LogP contribution < -0.4 is 10.6 Å². The molecule has 2 heterocycles. The highest BCUT2D eigenvalue weighted by molar-refractivity contribution is 7.90. The van der Waals surface area contributed by atoms with Gasteiger partial charge in [-0.2, -0.15) is 0 Å². The molecule has 1 atom stereocenters. The number of carbonyl (C=O) groups is 3. The van der Waals surface area contributed by atoms with Crippen LogP contribution in [0.5, 0.6) is 0 Å². The third-order valence-electron chi connectivity index (χ3n) is 7.45. The summed E-state index contributed by atoms with van der Waals surface area (Å²) in [6.45, 7) is 0.357. The number of rotatable bonds is 8. The van der Waals surface area contributed by atoms with Crippen molar-refractivity contribution in [2.75, 3.05) is 6.54 Å². The third kappa shape index (κ3) is 5.38. The topological polar surface area (TPSA) is 118 Å². The molecule has 1 aromatic heterocycles. The maximum atomic E-state index is 13.7. The second kappa shape index (κ2) is 11.2. The molecule has 9 nitrogen and oxygen atoms in total. The maximum Gasteiger partial charge on any atom is 0.321 e. The molecule has 4 amide bonds. The van der Waals surface area contributed by atoms with E-state index in [2.05, 4.69) is 10.6 Å². The van der Waals surface area contributed by atoms with Crippen LogP contribution in [0.2, 0.25) is 0 Å². The summed E-state index contributed by atoms with van der Waals surface area (Å²) in [7, 11) is -3.75. The first-order chi connectivity index (χ1) is 20.7. The molecular weight excluding hydrogens is 571 g/mol. The Balaban J connectivity index is 1.26. The van der Waals surface area contributed by atoms with Gasteiger partial charge in [0.1, 0.15) is 5.82 Å². The highest BCUT2D eigenvalue weighted by Crippen LogP contribution is 2.30. The van der Waals surface area contributed by atoms with Gasteiger partial charge in [-0.25, -0.2) is 21.6 Å². The Morgan fingerprint density at radius 1 is 0.930 bits per heavy atom. The summed E-state index contributed by atoms with van der Waals surface area (Å²) in [5, 5.41) is 5.53. The number of fused-ring (bicyclic) bond motifs is 2. The van der Waals surface area contributed by atoms with E-state index in [1.54, 1.807) is 48.5 Å². The predicted molar refractivity (Wildman–Crippen MR) is 158 cm³/mol. The van der Waals surface area contributed by atoms with Crippen molar-refractivity contribution >= 4 is 39.3 Å². The zero-order valence-electron chi connectivity index (χ0n) is 22.6. The quantitative estimate of drug-likeness (QED) is 0.249. The molecule has 1 aliphatic heterocycles. The molecule has 0 saturated heterocycles. The predicted octanol–water partition coefficient (Wildman–Crippen LogP) is 4.84. The minimum atomic E-state index is -3.75. The normalized spacial score (nSPS) is 13.5. The number of benzene rings is 4. The Morgan fingerprint density at radius 2 is 1.67 bits per heavy atom. The molecule has 216 valence electrons. The lowest BCUT2D eigenvalue weighted by Gasteiger charge is -2.25. The van der Waals surface area contributed by atoms with E-state index in [1.807, 2.05) is 36.4 Å². The van der Waals surface area contributed by atoms with Crippen LogP contribution in [-0.2, 0) is 21.4 Å². The summed E-state index contributed by atoms with van der Waals surface area (Å²) in [5.41, 5.74) is 3.91. The first-order valence-electron chi connectivity index (χ1n) is 13.3. The van der Waals surface area contributed by atoms with Crippen LogP contribution >= 0.6 is 0 Å². The smallest absolute Gasteiger partial charge is 0.321 e. The molecule has 0 fully saturated rings. The molecule has 6 rings (SSSR count). The number of carbonyl (C=O) groups excluding carboxylic acids is 3. The van der Waals surface area contributed by atoms with Gasteiger partial charge < -0.3 is 10.2 Å². The molecule has 0 radical (unpaired) electrons. The van der Waals surface area contributed by atoms with E-state index in [9.17, 15) is 27.2 Å². The Bertz CT molecular complexity index is 1970. The Kier molecular flexibility index (Phi) is 7.24. The van der Waals surface area contributed by atoms with Crippen LogP contribution in [-0.4, -0.2) is 42.2 Å². The molecule has 5 aromatic rings. The summed E-state index contributed by atoms with van der Waals surface area (Å²) < 4.78 is 41.3. The first kappa shape index (κ1) is 27.9. The van der Waals surface area contributed by atoms with Crippen molar-refractivity contribution in [3.05, 3.63) is 126 Å². The van der Waals surface area contributed by atoms with Crippen molar-refractivity contribution in [1.29, 1.82) is 0 Å². The van der Waals surface area contributed by atoms with Gasteiger partial charge in [0.2, 0.25) is 6.41 Å². The van der Waals surface area contributed by atoms with E-state index >= 15 is 0 Å². The summed E-state index contributed by atoms with van der Waals surface area (Å²) in [4.78, 5) is 37.8. The lowest BCUT2D eigenvalue weighted by molar-refractivity contribution is -0.108. The summed E-state index contributed by atoms with van der Waals surface area (Å²) in [5.74, 6) is -0.847. The lowest BCUT2D eigenvalue weighted by atomic mass is 9.99. The van der Waals surface area contributed by atoms with Gasteiger partial charge in [-0.05, 0) is 64.7 Å². The van der Waals surface area contributed by atoms with Gasteiger partial charge in [0.15, 0.2) is 0 Å². The highest BCUT2D eigenvalue weighted by atomic mass is 32.2. The molecule has 11 heteroatoms. The van der Waals surface area contributed by atoms with Crippen molar-refractivity contribution in [2.45, 2.75) is 17.5 Å². The molecule has 0 spiro atoms. The number of urea groups is 1. The van der Waals surface area contributed by atoms with Gasteiger partial charge in [0.25, 0.3) is 15.9 Å².